The third kappa shape index (κ3) is 7.53. The molecule has 0 unspecified atom stereocenters. The summed E-state index contributed by atoms with van der Waals surface area (Å²) in [5.74, 6) is -2.34. The van der Waals surface area contributed by atoms with E-state index in [9.17, 15) is 19.2 Å². The van der Waals surface area contributed by atoms with Crippen LogP contribution < -0.4 is 25.5 Å². The lowest BCUT2D eigenvalue weighted by atomic mass is 9.95. The Morgan fingerprint density at radius 2 is 1.57 bits per heavy atom. The first kappa shape index (κ1) is 28.0. The molecule has 0 aliphatic heterocycles. The van der Waals surface area contributed by atoms with Crippen molar-refractivity contribution in [2.75, 3.05) is 12.4 Å². The molecule has 206 valence electrons. The topological polar surface area (TPSA) is 135 Å². The molecule has 4 rings (SSSR count). The normalized spacial score (nSPS) is 13.3. The van der Waals surface area contributed by atoms with E-state index in [4.69, 9.17) is 9.47 Å². The van der Waals surface area contributed by atoms with Crippen molar-refractivity contribution in [2.45, 2.75) is 38.1 Å². The third-order valence-electron chi connectivity index (χ3n) is 6.35. The monoisotopic (exact) mass is 542 g/mol. The van der Waals surface area contributed by atoms with Crippen LogP contribution in [0.15, 0.2) is 77.9 Å². The number of ether oxygens (including phenoxy) is 2. The Balaban J connectivity index is 1.33. The van der Waals surface area contributed by atoms with Crippen molar-refractivity contribution in [3.05, 3.63) is 89.5 Å². The van der Waals surface area contributed by atoms with Gasteiger partial charge in [-0.05, 0) is 60.9 Å². The fourth-order valence-corrected chi connectivity index (χ4v) is 4.28. The fourth-order valence-electron chi connectivity index (χ4n) is 4.28. The van der Waals surface area contributed by atoms with E-state index in [2.05, 4.69) is 21.2 Å². The van der Waals surface area contributed by atoms with Crippen molar-refractivity contribution >= 4 is 35.6 Å². The molecule has 0 heterocycles. The minimum absolute atomic E-state index is 0.103. The fraction of sp³-hybridized carbons (Fsp3) is 0.233. The van der Waals surface area contributed by atoms with Crippen LogP contribution >= 0.6 is 0 Å². The lowest BCUT2D eigenvalue weighted by Crippen LogP contribution is -2.37. The summed E-state index contributed by atoms with van der Waals surface area (Å²) in [6.45, 7) is 0. The van der Waals surface area contributed by atoms with E-state index in [1.807, 2.05) is 0 Å². The highest BCUT2D eigenvalue weighted by atomic mass is 16.6. The smallest absolute Gasteiger partial charge is 0.343 e. The lowest BCUT2D eigenvalue weighted by molar-refractivity contribution is -0.136. The zero-order valence-corrected chi connectivity index (χ0v) is 22.0. The molecular weight excluding hydrogens is 512 g/mol. The maximum atomic E-state index is 12.8. The summed E-state index contributed by atoms with van der Waals surface area (Å²) in [6.07, 6.45) is 6.47. The summed E-state index contributed by atoms with van der Waals surface area (Å²) in [6, 6.07) is 19.8. The second kappa shape index (κ2) is 13.7. The minimum atomic E-state index is -1.01. The number of esters is 1. The molecule has 0 bridgehead atoms. The molecule has 1 saturated carbocycles. The molecule has 0 aromatic heterocycles. The second-order valence-electron chi connectivity index (χ2n) is 9.17. The van der Waals surface area contributed by atoms with Crippen molar-refractivity contribution < 1.29 is 28.7 Å². The highest BCUT2D eigenvalue weighted by Crippen LogP contribution is 2.28. The standard InChI is InChI=1S/C30H30N4O6/c1-39-26-18-20(16-17-25(26)40-30(38)21-10-4-2-5-11-21)19-31-34-29(37)28(36)33-24-15-9-8-14-23(24)27(35)32-22-12-6-3-7-13-22/h2,4-5,8-11,14-19,22H,3,6-7,12-13H2,1H3,(H,32,35)(H,33,36)(H,34,37). The molecule has 3 N–H and O–H groups in total. The lowest BCUT2D eigenvalue weighted by Gasteiger charge is -2.23. The maximum Gasteiger partial charge on any atom is 0.343 e. The van der Waals surface area contributed by atoms with Gasteiger partial charge in [0.05, 0.1) is 30.1 Å². The first-order chi connectivity index (χ1) is 19.4. The van der Waals surface area contributed by atoms with Gasteiger partial charge in [-0.1, -0.05) is 49.6 Å². The number of anilines is 1. The maximum absolute atomic E-state index is 12.8. The van der Waals surface area contributed by atoms with E-state index >= 15 is 0 Å². The zero-order valence-electron chi connectivity index (χ0n) is 22.0. The van der Waals surface area contributed by atoms with Gasteiger partial charge in [-0.3, -0.25) is 14.4 Å². The van der Waals surface area contributed by atoms with Gasteiger partial charge in [0.25, 0.3) is 5.91 Å². The summed E-state index contributed by atoms with van der Waals surface area (Å²) in [5.41, 5.74) is 3.57. The van der Waals surface area contributed by atoms with E-state index < -0.39 is 17.8 Å². The summed E-state index contributed by atoms with van der Waals surface area (Å²) >= 11 is 0. The number of nitrogens with one attached hydrogen (secondary N) is 3. The molecule has 10 heteroatoms. The van der Waals surface area contributed by atoms with Gasteiger partial charge in [0.2, 0.25) is 0 Å². The van der Waals surface area contributed by atoms with Crippen molar-refractivity contribution in [3.63, 3.8) is 0 Å². The molecule has 40 heavy (non-hydrogen) atoms. The summed E-state index contributed by atoms with van der Waals surface area (Å²) in [4.78, 5) is 50.0. The molecule has 0 spiro atoms. The SMILES string of the molecule is COc1cc(C=NNC(=O)C(=O)Nc2ccccc2C(=O)NC2CCCCC2)ccc1OC(=O)c1ccccc1. The highest BCUT2D eigenvalue weighted by molar-refractivity contribution is 6.40. The van der Waals surface area contributed by atoms with Crippen molar-refractivity contribution in [3.8, 4) is 11.5 Å². The number of hydrogen-bond donors (Lipinski definition) is 3. The van der Waals surface area contributed by atoms with E-state index in [0.29, 0.717) is 11.1 Å². The molecule has 10 nitrogen and oxygen atoms in total. The molecule has 3 aromatic rings. The average Bonchev–Trinajstić information content (AvgIpc) is 2.98. The van der Waals surface area contributed by atoms with Crippen molar-refractivity contribution in [2.24, 2.45) is 5.10 Å². The zero-order chi connectivity index (χ0) is 28.3. The first-order valence-corrected chi connectivity index (χ1v) is 12.9. The Morgan fingerprint density at radius 3 is 2.33 bits per heavy atom. The summed E-state index contributed by atoms with van der Waals surface area (Å²) in [5, 5.41) is 9.32. The number of carbonyl (C=O) groups excluding carboxylic acids is 4. The molecule has 1 aliphatic rings. The number of carbonyl (C=O) groups is 4. The van der Waals surface area contributed by atoms with Gasteiger partial charge in [-0.2, -0.15) is 5.10 Å². The third-order valence-corrected chi connectivity index (χ3v) is 6.35. The highest BCUT2D eigenvalue weighted by Gasteiger charge is 2.21. The van der Waals surface area contributed by atoms with Crippen LogP contribution in [0.4, 0.5) is 5.69 Å². The Morgan fingerprint density at radius 1 is 0.850 bits per heavy atom. The minimum Gasteiger partial charge on any atom is -0.493 e. The summed E-state index contributed by atoms with van der Waals surface area (Å²) in [7, 11) is 1.43. The number of para-hydroxylation sites is 1. The quantitative estimate of drug-likeness (QED) is 0.129. The van der Waals surface area contributed by atoms with E-state index in [1.54, 1.807) is 66.7 Å². The molecular formula is C30H30N4O6. The Bertz CT molecular complexity index is 1400. The van der Waals surface area contributed by atoms with Gasteiger partial charge in [-0.25, -0.2) is 10.2 Å². The van der Waals surface area contributed by atoms with Gasteiger partial charge in [0.1, 0.15) is 0 Å². The van der Waals surface area contributed by atoms with E-state index in [-0.39, 0.29) is 34.7 Å². The molecule has 3 aromatic carbocycles. The van der Waals surface area contributed by atoms with Crippen LogP contribution in [0, 0.1) is 0 Å². The Kier molecular flexibility index (Phi) is 9.60. The van der Waals surface area contributed by atoms with Crippen LogP contribution in [-0.2, 0) is 9.59 Å². The van der Waals surface area contributed by atoms with Crippen LogP contribution in [0.1, 0.15) is 58.4 Å². The average molecular weight is 543 g/mol. The van der Waals surface area contributed by atoms with Gasteiger partial charge in [0.15, 0.2) is 11.5 Å². The van der Waals surface area contributed by atoms with Crippen LogP contribution in [0.2, 0.25) is 0 Å². The number of benzene rings is 3. The molecule has 3 amide bonds. The second-order valence-corrected chi connectivity index (χ2v) is 9.17. The number of hydrogen-bond acceptors (Lipinski definition) is 7. The van der Waals surface area contributed by atoms with Gasteiger partial charge in [-0.15, -0.1) is 0 Å². The largest absolute Gasteiger partial charge is 0.493 e. The van der Waals surface area contributed by atoms with Crippen molar-refractivity contribution in [1.29, 1.82) is 0 Å². The first-order valence-electron chi connectivity index (χ1n) is 12.9. The Labute approximate surface area is 231 Å². The molecule has 1 aliphatic carbocycles. The number of nitrogens with zero attached hydrogens (tertiary/aromatic N) is 1. The van der Waals surface area contributed by atoms with E-state index in [1.165, 1.54) is 25.8 Å². The number of methoxy groups -OCH3 is 1. The molecule has 0 radical (unpaired) electrons. The van der Waals surface area contributed by atoms with E-state index in [0.717, 1.165) is 25.7 Å². The van der Waals surface area contributed by atoms with Crippen LogP contribution in [-0.4, -0.2) is 43.1 Å². The summed E-state index contributed by atoms with van der Waals surface area (Å²) < 4.78 is 10.7. The van der Waals surface area contributed by atoms with Crippen LogP contribution in [0.3, 0.4) is 0 Å². The molecule has 0 atom stereocenters. The number of amides is 3. The van der Waals surface area contributed by atoms with Gasteiger partial charge >= 0.3 is 17.8 Å². The Hall–Kier alpha value is -4.99. The van der Waals surface area contributed by atoms with Gasteiger partial charge in [0, 0.05) is 6.04 Å². The van der Waals surface area contributed by atoms with Crippen LogP contribution in [0.25, 0.3) is 0 Å². The predicted octanol–water partition coefficient (Wildman–Crippen LogP) is 4.07. The predicted molar refractivity (Wildman–Crippen MR) is 150 cm³/mol. The number of rotatable bonds is 8. The number of hydrazone groups is 1. The molecule has 1 fully saturated rings. The molecule has 0 saturated heterocycles. The van der Waals surface area contributed by atoms with Gasteiger partial charge < -0.3 is 20.1 Å². The van der Waals surface area contributed by atoms with Crippen LogP contribution in [0.5, 0.6) is 11.5 Å². The van der Waals surface area contributed by atoms with Crippen molar-refractivity contribution in [1.82, 2.24) is 10.7 Å².